The van der Waals surface area contributed by atoms with Crippen molar-refractivity contribution >= 4 is 39.2 Å². The summed E-state index contributed by atoms with van der Waals surface area (Å²) in [5, 5.41) is 2.47. The van der Waals surface area contributed by atoms with Gasteiger partial charge in [-0.25, -0.2) is 9.78 Å². The Morgan fingerprint density at radius 2 is 1.94 bits per heavy atom. The molecule has 0 spiro atoms. The number of pyridine rings is 1. The monoisotopic (exact) mass is 498 g/mol. The molecule has 1 atom stereocenters. The van der Waals surface area contributed by atoms with E-state index in [0.717, 1.165) is 12.1 Å². The second-order valence-corrected chi connectivity index (χ2v) is 9.18. The largest absolute Gasteiger partial charge is 0.416 e. The highest BCUT2D eigenvalue weighted by Gasteiger charge is 2.44. The zero-order valence-corrected chi connectivity index (χ0v) is 18.8. The van der Waals surface area contributed by atoms with Crippen LogP contribution < -0.4 is 10.2 Å². The fourth-order valence-electron chi connectivity index (χ4n) is 3.43. The minimum Gasteiger partial charge on any atom is -0.325 e. The lowest BCUT2D eigenvalue weighted by atomic mass is 9.86. The Kier molecular flexibility index (Phi) is 6.31. The summed E-state index contributed by atoms with van der Waals surface area (Å²) in [6.45, 7) is 5.98. The summed E-state index contributed by atoms with van der Waals surface area (Å²) < 4.78 is 39.4. The van der Waals surface area contributed by atoms with E-state index in [0.29, 0.717) is 16.8 Å². The molecule has 1 aromatic heterocycles. The Balaban J connectivity index is 1.78. The quantitative estimate of drug-likeness (QED) is 0.592. The molecular weight excluding hydrogens is 477 g/mol. The van der Waals surface area contributed by atoms with E-state index >= 15 is 0 Å². The van der Waals surface area contributed by atoms with Crippen molar-refractivity contribution in [2.75, 3.05) is 23.3 Å². The van der Waals surface area contributed by atoms with Gasteiger partial charge in [-0.15, -0.1) is 0 Å². The lowest BCUT2D eigenvalue weighted by Crippen LogP contribution is -2.46. The Bertz CT molecular complexity index is 974. The van der Waals surface area contributed by atoms with Crippen LogP contribution in [0.25, 0.3) is 0 Å². The van der Waals surface area contributed by atoms with Gasteiger partial charge in [-0.3, -0.25) is 9.69 Å². The van der Waals surface area contributed by atoms with Crippen molar-refractivity contribution in [1.82, 2.24) is 9.88 Å². The molecule has 10 heteroatoms. The maximum Gasteiger partial charge on any atom is 0.416 e. The first-order valence-corrected chi connectivity index (χ1v) is 10.3. The van der Waals surface area contributed by atoms with Crippen molar-refractivity contribution in [1.29, 1.82) is 0 Å². The number of hydrogen-bond donors (Lipinski definition) is 1. The third-order valence-electron chi connectivity index (χ3n) is 5.02. The van der Waals surface area contributed by atoms with E-state index in [9.17, 15) is 22.8 Å². The van der Waals surface area contributed by atoms with Gasteiger partial charge in [-0.1, -0.05) is 26.8 Å². The molecule has 0 aliphatic carbocycles. The van der Waals surface area contributed by atoms with Crippen LogP contribution in [0.5, 0.6) is 0 Å². The van der Waals surface area contributed by atoms with Crippen LogP contribution in [-0.4, -0.2) is 41.0 Å². The van der Waals surface area contributed by atoms with Gasteiger partial charge < -0.3 is 10.2 Å². The first-order valence-electron chi connectivity index (χ1n) is 9.53. The van der Waals surface area contributed by atoms with Gasteiger partial charge in [0.05, 0.1) is 23.5 Å². The van der Waals surface area contributed by atoms with Gasteiger partial charge in [-0.2, -0.15) is 13.2 Å². The van der Waals surface area contributed by atoms with Crippen LogP contribution in [0.2, 0.25) is 0 Å². The normalized spacial score (nSPS) is 17.3. The van der Waals surface area contributed by atoms with Gasteiger partial charge in [-0.05, 0) is 51.7 Å². The molecule has 3 amide bonds. The van der Waals surface area contributed by atoms with E-state index in [-0.39, 0.29) is 29.7 Å². The Morgan fingerprint density at radius 3 is 2.52 bits per heavy atom. The van der Waals surface area contributed by atoms with Crippen LogP contribution >= 0.6 is 15.9 Å². The summed E-state index contributed by atoms with van der Waals surface area (Å²) in [7, 11) is 0. The maximum atomic E-state index is 13.1. The van der Waals surface area contributed by atoms with Crippen LogP contribution in [0.4, 0.5) is 29.3 Å². The van der Waals surface area contributed by atoms with Gasteiger partial charge in [0, 0.05) is 12.2 Å². The molecule has 0 unspecified atom stereocenters. The number of benzene rings is 1. The lowest BCUT2D eigenvalue weighted by Gasteiger charge is -2.33. The molecule has 1 aromatic carbocycles. The van der Waals surface area contributed by atoms with E-state index in [1.54, 1.807) is 23.2 Å². The summed E-state index contributed by atoms with van der Waals surface area (Å²) in [6, 6.07) is 7.22. The molecule has 1 N–H and O–H groups in total. The molecule has 0 bridgehead atoms. The number of carbonyl (C=O) groups is 2. The molecular formula is C21H22BrF3N4O2. The van der Waals surface area contributed by atoms with Crippen LogP contribution in [0, 0.1) is 5.41 Å². The fraction of sp³-hybridized carbons (Fsp3) is 0.381. The average Bonchev–Trinajstić information content (AvgIpc) is 2.98. The molecule has 1 aliphatic heterocycles. The summed E-state index contributed by atoms with van der Waals surface area (Å²) >= 11 is 3.26. The molecule has 6 nitrogen and oxygen atoms in total. The molecule has 2 heterocycles. The molecule has 0 saturated carbocycles. The van der Waals surface area contributed by atoms with Crippen molar-refractivity contribution < 1.29 is 22.8 Å². The van der Waals surface area contributed by atoms with Crippen LogP contribution in [0.15, 0.2) is 47.2 Å². The smallest absolute Gasteiger partial charge is 0.325 e. The van der Waals surface area contributed by atoms with Gasteiger partial charge in [0.2, 0.25) is 5.91 Å². The molecule has 1 aliphatic rings. The van der Waals surface area contributed by atoms with E-state index in [4.69, 9.17) is 0 Å². The number of halogens is 4. The highest BCUT2D eigenvalue weighted by Crippen LogP contribution is 2.34. The number of rotatable bonds is 4. The van der Waals surface area contributed by atoms with Gasteiger partial charge in [0.25, 0.3) is 0 Å². The zero-order valence-electron chi connectivity index (χ0n) is 17.2. The number of amides is 3. The summed E-state index contributed by atoms with van der Waals surface area (Å²) in [6.07, 6.45) is -2.95. The predicted octanol–water partition coefficient (Wildman–Crippen LogP) is 5.16. The minimum absolute atomic E-state index is 0.0211. The summed E-state index contributed by atoms with van der Waals surface area (Å²) in [5.74, 6) is -0.572. The molecule has 0 radical (unpaired) electrons. The van der Waals surface area contributed by atoms with E-state index in [1.165, 1.54) is 17.0 Å². The molecule has 31 heavy (non-hydrogen) atoms. The molecule has 1 fully saturated rings. The second-order valence-electron chi connectivity index (χ2n) is 8.37. The highest BCUT2D eigenvalue weighted by atomic mass is 79.9. The van der Waals surface area contributed by atoms with Gasteiger partial charge >= 0.3 is 12.2 Å². The van der Waals surface area contributed by atoms with Crippen molar-refractivity contribution in [3.8, 4) is 0 Å². The SMILES string of the molecule is CC(C)(C)[C@H]1CN(c2ccc(Br)nc2)C(=O)N1CC(=O)Nc1cccc(C(F)(F)F)c1. The van der Waals surface area contributed by atoms with Crippen molar-refractivity contribution in [3.05, 3.63) is 52.8 Å². The molecule has 166 valence electrons. The minimum atomic E-state index is -4.51. The Morgan fingerprint density at radius 1 is 1.23 bits per heavy atom. The second kappa shape index (κ2) is 8.49. The van der Waals surface area contributed by atoms with E-state index in [2.05, 4.69) is 26.2 Å². The third-order valence-corrected chi connectivity index (χ3v) is 5.49. The number of anilines is 2. The van der Waals surface area contributed by atoms with Crippen molar-refractivity contribution in [2.24, 2.45) is 5.41 Å². The highest BCUT2D eigenvalue weighted by molar-refractivity contribution is 9.10. The van der Waals surface area contributed by atoms with Crippen LogP contribution in [0.1, 0.15) is 26.3 Å². The molecule has 1 saturated heterocycles. The summed E-state index contributed by atoms with van der Waals surface area (Å²) in [4.78, 5) is 32.9. The number of carbonyl (C=O) groups excluding carboxylic acids is 2. The predicted molar refractivity (Wildman–Crippen MR) is 115 cm³/mol. The number of nitrogens with zero attached hydrogens (tertiary/aromatic N) is 3. The lowest BCUT2D eigenvalue weighted by molar-refractivity contribution is -0.137. The number of hydrogen-bond acceptors (Lipinski definition) is 3. The van der Waals surface area contributed by atoms with Crippen molar-refractivity contribution in [2.45, 2.75) is 33.0 Å². The zero-order chi connectivity index (χ0) is 23.0. The fourth-order valence-corrected chi connectivity index (χ4v) is 3.66. The van der Waals surface area contributed by atoms with E-state index < -0.39 is 17.6 Å². The van der Waals surface area contributed by atoms with Crippen molar-refractivity contribution in [3.63, 3.8) is 0 Å². The third kappa shape index (κ3) is 5.36. The molecule has 3 rings (SSSR count). The van der Waals surface area contributed by atoms with Gasteiger partial charge in [0.15, 0.2) is 0 Å². The summed E-state index contributed by atoms with van der Waals surface area (Å²) in [5.41, 5.74) is -0.566. The Labute approximate surface area is 186 Å². The first kappa shape index (κ1) is 23.1. The maximum absolute atomic E-state index is 13.1. The van der Waals surface area contributed by atoms with E-state index in [1.807, 2.05) is 20.8 Å². The van der Waals surface area contributed by atoms with Crippen LogP contribution in [0.3, 0.4) is 0 Å². The topological polar surface area (TPSA) is 65.5 Å². The molecule has 2 aromatic rings. The van der Waals surface area contributed by atoms with Gasteiger partial charge in [0.1, 0.15) is 11.1 Å². The van der Waals surface area contributed by atoms with Crippen LogP contribution in [-0.2, 0) is 11.0 Å². The first-order chi connectivity index (χ1) is 14.4. The number of aromatic nitrogens is 1. The number of alkyl halides is 3. The standard InChI is InChI=1S/C21H22BrF3N4O2/c1-20(2,3)16-11-28(15-7-8-17(22)26-10-15)19(31)29(16)12-18(30)27-14-6-4-5-13(9-14)21(23,24)25/h4-10,16H,11-12H2,1-3H3,(H,27,30)/t16-/m1/s1. The Hall–Kier alpha value is -2.62. The average molecular weight is 499 g/mol. The number of urea groups is 1. The number of nitrogens with one attached hydrogen (secondary N) is 1.